The zero-order valence-electron chi connectivity index (χ0n) is 78.1. The number of H-pyrrole nitrogens is 4. The van der Waals surface area contributed by atoms with Crippen molar-refractivity contribution in [3.05, 3.63) is 381 Å². The molecular formula is C109H93Cl7F2N12O15S. The lowest BCUT2D eigenvalue weighted by Gasteiger charge is -2.35. The molecule has 6 aliphatic heterocycles. The van der Waals surface area contributed by atoms with Crippen LogP contribution in [0.25, 0.3) is 43.6 Å². The molecule has 10 heterocycles. The molecule has 22 rings (SSSR count). The van der Waals surface area contributed by atoms with Gasteiger partial charge in [0.2, 0.25) is 21.8 Å². The number of halogens is 9. The van der Waals surface area contributed by atoms with Gasteiger partial charge < -0.3 is 63.7 Å². The molecule has 2 saturated heterocycles. The molecule has 6 amide bonds. The minimum absolute atomic E-state index is 0.0321. The summed E-state index contributed by atoms with van der Waals surface area (Å²) in [5.74, 6) is 0.366. The molecule has 16 aromatic rings. The molecule has 0 aliphatic carbocycles. The molecule has 4 unspecified atom stereocenters. The second-order valence-electron chi connectivity index (χ2n) is 35.3. The highest BCUT2D eigenvalue weighted by molar-refractivity contribution is 7.89. The van der Waals surface area contributed by atoms with E-state index in [2.05, 4.69) is 35.5 Å². The van der Waals surface area contributed by atoms with Gasteiger partial charge in [-0.15, -0.1) is 0 Å². The Morgan fingerprint density at radius 2 is 0.610 bits per heavy atom. The number of aromatic nitrogens is 4. The topological polar surface area (TPSA) is 308 Å². The summed E-state index contributed by atoms with van der Waals surface area (Å²) < 4.78 is 92.7. The van der Waals surface area contributed by atoms with Gasteiger partial charge in [0.25, 0.3) is 0 Å². The van der Waals surface area contributed by atoms with Crippen LogP contribution in [0.1, 0.15) is 91.5 Å². The maximum Gasteiger partial charge on any atom is 0.416 e. The molecule has 27 nitrogen and oxygen atoms in total. The van der Waals surface area contributed by atoms with Crippen LogP contribution in [0.2, 0.25) is 35.2 Å². The Kier molecular flexibility index (Phi) is 31.0. The average molecular weight is 2130 g/mol. The Hall–Kier alpha value is -13.5. The quantitative estimate of drug-likeness (QED) is 0.0524. The van der Waals surface area contributed by atoms with Crippen molar-refractivity contribution in [3.63, 3.8) is 0 Å². The number of nitrogens with zero attached hydrogens (tertiary/aromatic N) is 6. The molecule has 6 N–H and O–H groups in total. The summed E-state index contributed by atoms with van der Waals surface area (Å²) in [5, 5.41) is 14.1. The number of hydrogen-bond donors (Lipinski definition) is 6. The lowest BCUT2D eigenvalue weighted by Crippen LogP contribution is -2.42. The second-order valence-corrected chi connectivity index (χ2v) is 40.3. The van der Waals surface area contributed by atoms with Gasteiger partial charge in [-0.05, 0) is 289 Å². The van der Waals surface area contributed by atoms with E-state index in [1.807, 2.05) is 103 Å². The number of fused-ring (bicyclic) bond motifs is 12. The molecule has 6 aliphatic rings. The number of methoxy groups -OCH3 is 1. The van der Waals surface area contributed by atoms with Gasteiger partial charge in [-0.3, -0.25) is 34.1 Å². The normalized spacial score (nSPS) is 16.7. The highest BCUT2D eigenvalue weighted by Crippen LogP contribution is 2.47. The smallest absolute Gasteiger partial charge is 0.410 e. The number of rotatable bonds is 16. The summed E-state index contributed by atoms with van der Waals surface area (Å²) in [6.45, 7) is 6.15. The predicted octanol–water partition coefficient (Wildman–Crippen LogP) is 24.0. The molecule has 12 aromatic carbocycles. The number of ether oxygens (including phenoxy) is 7. The van der Waals surface area contributed by atoms with Crippen LogP contribution < -0.4 is 29.6 Å². The molecule has 0 spiro atoms. The first kappa shape index (κ1) is 101. The Morgan fingerprint density at radius 3 is 0.918 bits per heavy atom. The van der Waals surface area contributed by atoms with E-state index in [-0.39, 0.29) is 34.9 Å². The van der Waals surface area contributed by atoms with Crippen LogP contribution >= 0.6 is 81.2 Å². The maximum absolute atomic E-state index is 13.6. The van der Waals surface area contributed by atoms with Crippen LogP contribution in [-0.4, -0.2) is 192 Å². The summed E-state index contributed by atoms with van der Waals surface area (Å²) in [6.07, 6.45) is 0.486. The van der Waals surface area contributed by atoms with Crippen molar-refractivity contribution >= 4 is 182 Å². The number of carbonyl (C=O) groups excluding carboxylic acids is 6. The van der Waals surface area contributed by atoms with E-state index in [4.69, 9.17) is 114 Å². The number of sulfonamides is 1. The highest BCUT2D eigenvalue weighted by atomic mass is 35.5. The first-order valence-corrected chi connectivity index (χ1v) is 50.9. The number of aromatic amines is 4. The number of morpholine rings is 2. The summed E-state index contributed by atoms with van der Waals surface area (Å²) >= 11 is 43.1. The molecule has 0 radical (unpaired) electrons. The first-order valence-electron chi connectivity index (χ1n) is 46.9. The van der Waals surface area contributed by atoms with E-state index in [0.29, 0.717) is 162 Å². The molecule has 4 atom stereocenters. The van der Waals surface area contributed by atoms with Gasteiger partial charge in [-0.2, -0.15) is 4.31 Å². The van der Waals surface area contributed by atoms with E-state index < -0.39 is 64.4 Å². The lowest BCUT2D eigenvalue weighted by molar-refractivity contribution is -0.120. The van der Waals surface area contributed by atoms with E-state index in [1.165, 1.54) is 47.8 Å². The Morgan fingerprint density at radius 1 is 0.342 bits per heavy atom. The van der Waals surface area contributed by atoms with Crippen LogP contribution in [0, 0.1) is 11.6 Å². The van der Waals surface area contributed by atoms with Gasteiger partial charge in [-0.1, -0.05) is 130 Å². The fourth-order valence-corrected chi connectivity index (χ4v) is 21.7. The van der Waals surface area contributed by atoms with E-state index in [1.54, 1.807) is 147 Å². The molecular weight excluding hydrogens is 2040 g/mol. The minimum Gasteiger partial charge on any atom is -0.410 e. The van der Waals surface area contributed by atoms with Gasteiger partial charge in [-0.25, -0.2) is 36.4 Å². The third-order valence-electron chi connectivity index (χ3n) is 26.1. The summed E-state index contributed by atoms with van der Waals surface area (Å²) in [5.41, 5.74) is 16.2. The lowest BCUT2D eigenvalue weighted by atomic mass is 9.92. The first-order chi connectivity index (χ1) is 70.7. The molecule has 146 heavy (non-hydrogen) atoms. The third kappa shape index (κ3) is 22.8. The molecule has 748 valence electrons. The van der Waals surface area contributed by atoms with Gasteiger partial charge in [0.15, 0.2) is 0 Å². The fourth-order valence-electron chi connectivity index (χ4n) is 19.3. The van der Waals surface area contributed by atoms with Crippen LogP contribution in [-0.2, 0) is 59.5 Å². The van der Waals surface area contributed by atoms with Gasteiger partial charge in [0, 0.05) is 172 Å². The van der Waals surface area contributed by atoms with Crippen molar-refractivity contribution in [2.45, 2.75) is 54.7 Å². The Bertz CT molecular complexity index is 7660. The summed E-state index contributed by atoms with van der Waals surface area (Å²) in [6, 6.07) is 73.9. The summed E-state index contributed by atoms with van der Waals surface area (Å²) in [4.78, 5) is 101. The second kappa shape index (κ2) is 44.8. The average Bonchev–Trinajstić information content (AvgIpc) is 1.60. The third-order valence-corrected chi connectivity index (χ3v) is 29.7. The SMILES string of the molecule is COCC(=O)Nc1ccc(C2c3[nH]c4ccc(Cl)cc4c3CCN2C(=O)Oc2ccc(Cl)cc2)cc1.O=C(CN1CCOCC1)Nc1ccc(C2c3[nH]c4ccc(Cl)cc4c3CCN2C(=O)Oc2ccc(Cl)cc2)cc1.O=C(Oc1ccc(Cl)cc1)N1CCc2c([nH]c3ccc(Cl)cc23)C1c1ccc(S(=O)(=O)N2CCOCC2)cc1.O=C(Oc1ccc(F)cc1)N1CCc2c([nH]c3ccc(Cl)cc23)C1c1ccc(F)cc1. The number of carbonyl (C=O) groups is 6. The molecule has 2 fully saturated rings. The number of benzene rings is 12. The number of hydrogen-bond acceptors (Lipinski definition) is 16. The zero-order chi connectivity index (χ0) is 102. The monoisotopic (exact) mass is 2120 g/mol. The van der Waals surface area contributed by atoms with Gasteiger partial charge >= 0.3 is 24.4 Å². The zero-order valence-corrected chi connectivity index (χ0v) is 84.2. The van der Waals surface area contributed by atoms with E-state index in [9.17, 15) is 46.0 Å². The minimum atomic E-state index is -3.65. The number of anilines is 2. The van der Waals surface area contributed by atoms with Crippen molar-refractivity contribution in [1.82, 2.24) is 48.7 Å². The standard InChI is InChI=1S/C30H28Cl2N4O4.C28H25Cl2N3O5S.C27H23Cl2N3O4.C24H17ClF2N2O2/c31-20-3-8-23(9-4-20)40-30(38)36-12-11-24-25-17-21(32)5-10-26(25)34-28(24)29(36)19-1-6-22(7-2-19)33-27(37)18-35-13-15-39-16-14-35;29-19-3-6-21(7-4-19)38-28(34)33-12-11-23-24-17-20(30)5-10-25(24)31-26(23)27(33)18-1-8-22(9-2-18)39(35,36)32-13-15-37-16-14-32;1-35-15-24(33)30-19-7-2-16(3-8-19)26-25-21(22-14-18(29)6-11-23(22)31-25)12-13-32(26)27(34)36-20-9-4-17(28)5-10-20;25-15-3-10-21-20(13-15)19-11-12-29(24(30)31-18-8-6-17(27)7-9-18)23(22(19)28-21)14-1-4-16(26)5-2-14/h1-10,17,29,34H,11-16,18H2,(H,33,37);1-10,17,27,31H,11-16H2;2-11,14,26,31H,12-13,15H2,1H3,(H,30,33);1-10,13,23,28H,11-12H2. The highest BCUT2D eigenvalue weighted by Gasteiger charge is 2.42. The number of nitrogens with one attached hydrogen (secondary N) is 6. The number of amides is 6. The van der Waals surface area contributed by atoms with Gasteiger partial charge in [0.05, 0.1) is 37.9 Å². The van der Waals surface area contributed by atoms with Crippen LogP contribution in [0.4, 0.5) is 39.3 Å². The largest absolute Gasteiger partial charge is 0.416 e. The molecule has 4 aromatic heterocycles. The van der Waals surface area contributed by atoms with E-state index >= 15 is 0 Å². The van der Waals surface area contributed by atoms with Crippen molar-refractivity contribution in [2.75, 3.05) is 110 Å². The Balaban J connectivity index is 0.000000123. The van der Waals surface area contributed by atoms with Crippen molar-refractivity contribution in [3.8, 4) is 23.0 Å². The predicted molar refractivity (Wildman–Crippen MR) is 559 cm³/mol. The Labute approximate surface area is 872 Å². The van der Waals surface area contributed by atoms with Crippen molar-refractivity contribution in [1.29, 1.82) is 0 Å². The maximum atomic E-state index is 13.6. The summed E-state index contributed by atoms with van der Waals surface area (Å²) in [7, 11) is -2.19. The van der Waals surface area contributed by atoms with Crippen molar-refractivity contribution < 1.29 is 79.1 Å². The molecule has 0 bridgehead atoms. The molecule has 37 heteroatoms. The molecule has 0 saturated carbocycles. The fraction of sp³-hybridized carbons (Fsp3) is 0.211. The van der Waals surface area contributed by atoms with Gasteiger partial charge in [0.1, 0.15) is 65.4 Å². The van der Waals surface area contributed by atoms with Crippen LogP contribution in [0.3, 0.4) is 0 Å². The van der Waals surface area contributed by atoms with Crippen LogP contribution in [0.5, 0.6) is 23.0 Å². The van der Waals surface area contributed by atoms with Crippen LogP contribution in [0.15, 0.2) is 272 Å². The van der Waals surface area contributed by atoms with E-state index in [0.717, 1.165) is 124 Å². The van der Waals surface area contributed by atoms with Crippen molar-refractivity contribution in [2.24, 2.45) is 0 Å².